The maximum Gasteiger partial charge on any atom is 0.334 e. The lowest BCUT2D eigenvalue weighted by Gasteiger charge is -2.22. The van der Waals surface area contributed by atoms with Crippen molar-refractivity contribution < 1.29 is 14.3 Å². The third kappa shape index (κ3) is 3.40. The second-order valence-corrected chi connectivity index (χ2v) is 3.57. The van der Waals surface area contributed by atoms with Gasteiger partial charge in [-0.2, -0.15) is 0 Å². The van der Waals surface area contributed by atoms with Crippen molar-refractivity contribution in [2.75, 3.05) is 7.11 Å². The number of hydrogen-bond acceptors (Lipinski definition) is 3. The van der Waals surface area contributed by atoms with Crippen LogP contribution >= 0.6 is 0 Å². The van der Waals surface area contributed by atoms with Crippen molar-refractivity contribution in [2.24, 2.45) is 0 Å². The average Bonchev–Trinajstić information content (AvgIpc) is 2.17. The molecule has 0 fully saturated rings. The average molecular weight is 198 g/mol. The molecule has 0 aliphatic carbocycles. The number of unbranched alkanes of at least 4 members (excludes halogenated alkanes) is 2. The summed E-state index contributed by atoms with van der Waals surface area (Å²) in [6.45, 7) is 2.16. The van der Waals surface area contributed by atoms with Crippen LogP contribution in [0.15, 0.2) is 11.8 Å². The highest BCUT2D eigenvalue weighted by Crippen LogP contribution is 2.20. The van der Waals surface area contributed by atoms with Gasteiger partial charge in [0.05, 0.1) is 13.2 Å². The smallest absolute Gasteiger partial charge is 0.334 e. The first-order chi connectivity index (χ1) is 6.76. The van der Waals surface area contributed by atoms with Gasteiger partial charge >= 0.3 is 5.97 Å². The fourth-order valence-electron chi connectivity index (χ4n) is 1.58. The van der Waals surface area contributed by atoms with E-state index < -0.39 is 0 Å². The minimum absolute atomic E-state index is 0.0222. The molecule has 0 aromatic carbocycles. The lowest BCUT2D eigenvalue weighted by Crippen LogP contribution is -2.23. The second kappa shape index (κ2) is 5.68. The SMILES string of the molecule is CCCCC[C@@H]1CC(OC)=CC(=O)O1. The van der Waals surface area contributed by atoms with Gasteiger partial charge in [-0.1, -0.05) is 19.8 Å². The van der Waals surface area contributed by atoms with Crippen LogP contribution in [0.3, 0.4) is 0 Å². The van der Waals surface area contributed by atoms with Gasteiger partial charge < -0.3 is 9.47 Å². The van der Waals surface area contributed by atoms with Crippen molar-refractivity contribution in [1.82, 2.24) is 0 Å². The maximum atomic E-state index is 11.1. The molecule has 0 saturated heterocycles. The lowest BCUT2D eigenvalue weighted by atomic mass is 10.1. The summed E-state index contributed by atoms with van der Waals surface area (Å²) in [5, 5.41) is 0. The number of hydrogen-bond donors (Lipinski definition) is 0. The summed E-state index contributed by atoms with van der Waals surface area (Å²) >= 11 is 0. The molecule has 0 amide bonds. The van der Waals surface area contributed by atoms with Gasteiger partial charge in [0.2, 0.25) is 0 Å². The molecule has 0 saturated carbocycles. The zero-order chi connectivity index (χ0) is 10.4. The van der Waals surface area contributed by atoms with E-state index >= 15 is 0 Å². The molecule has 14 heavy (non-hydrogen) atoms. The Hall–Kier alpha value is -0.990. The molecule has 3 nitrogen and oxygen atoms in total. The van der Waals surface area contributed by atoms with E-state index in [-0.39, 0.29) is 12.1 Å². The predicted octanol–water partition coefficient (Wildman–Crippen LogP) is 2.41. The van der Waals surface area contributed by atoms with Crippen LogP contribution in [0.2, 0.25) is 0 Å². The topological polar surface area (TPSA) is 35.5 Å². The van der Waals surface area contributed by atoms with Gasteiger partial charge in [0.1, 0.15) is 11.9 Å². The summed E-state index contributed by atoms with van der Waals surface area (Å²) in [4.78, 5) is 11.1. The van der Waals surface area contributed by atoms with E-state index in [9.17, 15) is 4.79 Å². The predicted molar refractivity (Wildman–Crippen MR) is 53.7 cm³/mol. The van der Waals surface area contributed by atoms with Crippen molar-refractivity contribution >= 4 is 5.97 Å². The Bertz CT molecular complexity index is 221. The molecule has 1 heterocycles. The monoisotopic (exact) mass is 198 g/mol. The molecular weight excluding hydrogens is 180 g/mol. The summed E-state index contributed by atoms with van der Waals surface area (Å²) in [6.07, 6.45) is 6.62. The van der Waals surface area contributed by atoms with Crippen molar-refractivity contribution in [1.29, 1.82) is 0 Å². The highest BCUT2D eigenvalue weighted by atomic mass is 16.5. The molecule has 1 aliphatic rings. The Morgan fingerprint density at radius 3 is 3.00 bits per heavy atom. The number of cyclic esters (lactones) is 1. The van der Waals surface area contributed by atoms with Gasteiger partial charge in [-0.15, -0.1) is 0 Å². The molecule has 0 N–H and O–H groups in total. The first-order valence-corrected chi connectivity index (χ1v) is 5.21. The van der Waals surface area contributed by atoms with E-state index in [4.69, 9.17) is 9.47 Å². The number of ether oxygens (including phenoxy) is 2. The highest BCUT2D eigenvalue weighted by molar-refractivity contribution is 5.83. The standard InChI is InChI=1S/C11H18O3/c1-3-4-5-6-9-7-10(13-2)8-11(12)14-9/h8-9H,3-7H2,1-2H3/t9-/m1/s1. The van der Waals surface area contributed by atoms with E-state index in [0.29, 0.717) is 0 Å². The van der Waals surface area contributed by atoms with E-state index in [0.717, 1.165) is 25.0 Å². The highest BCUT2D eigenvalue weighted by Gasteiger charge is 2.21. The van der Waals surface area contributed by atoms with E-state index in [2.05, 4.69) is 6.92 Å². The molecule has 1 aliphatic heterocycles. The third-order valence-corrected chi connectivity index (χ3v) is 2.38. The van der Waals surface area contributed by atoms with Crippen molar-refractivity contribution in [2.45, 2.75) is 45.1 Å². The normalized spacial score (nSPS) is 21.4. The molecule has 0 radical (unpaired) electrons. The largest absolute Gasteiger partial charge is 0.501 e. The molecule has 0 aromatic heterocycles. The third-order valence-electron chi connectivity index (χ3n) is 2.38. The van der Waals surface area contributed by atoms with Gasteiger partial charge in [0.15, 0.2) is 0 Å². The van der Waals surface area contributed by atoms with Crippen molar-refractivity contribution in [3.63, 3.8) is 0 Å². The van der Waals surface area contributed by atoms with Crippen LogP contribution in [-0.4, -0.2) is 19.2 Å². The zero-order valence-corrected chi connectivity index (χ0v) is 8.91. The van der Waals surface area contributed by atoms with Crippen LogP contribution in [0.25, 0.3) is 0 Å². The van der Waals surface area contributed by atoms with E-state index in [1.54, 1.807) is 7.11 Å². The van der Waals surface area contributed by atoms with Crippen molar-refractivity contribution in [3.8, 4) is 0 Å². The fraction of sp³-hybridized carbons (Fsp3) is 0.727. The van der Waals surface area contributed by atoms with Crippen LogP contribution in [0.4, 0.5) is 0 Å². The Morgan fingerprint density at radius 1 is 1.57 bits per heavy atom. The van der Waals surface area contributed by atoms with Crippen LogP contribution in [0.5, 0.6) is 0 Å². The maximum absolute atomic E-state index is 11.1. The van der Waals surface area contributed by atoms with Gasteiger partial charge in [-0.25, -0.2) is 4.79 Å². The Labute approximate surface area is 85.1 Å². The molecule has 0 spiro atoms. The molecule has 3 heteroatoms. The number of rotatable bonds is 5. The minimum Gasteiger partial charge on any atom is -0.501 e. The van der Waals surface area contributed by atoms with Crippen LogP contribution in [0.1, 0.15) is 39.0 Å². The van der Waals surface area contributed by atoms with Gasteiger partial charge in [-0.05, 0) is 12.8 Å². The number of esters is 1. The van der Waals surface area contributed by atoms with Gasteiger partial charge in [-0.3, -0.25) is 0 Å². The van der Waals surface area contributed by atoms with Crippen molar-refractivity contribution in [3.05, 3.63) is 11.8 Å². The van der Waals surface area contributed by atoms with Crippen LogP contribution < -0.4 is 0 Å². The summed E-state index contributed by atoms with van der Waals surface area (Å²) in [6, 6.07) is 0. The van der Waals surface area contributed by atoms with E-state index in [1.165, 1.54) is 18.9 Å². The summed E-state index contributed by atoms with van der Waals surface area (Å²) < 4.78 is 10.2. The van der Waals surface area contributed by atoms with E-state index in [1.807, 2.05) is 0 Å². The number of methoxy groups -OCH3 is 1. The van der Waals surface area contributed by atoms with Crippen LogP contribution in [0, 0.1) is 0 Å². The molecule has 80 valence electrons. The quantitative estimate of drug-likeness (QED) is 0.502. The fourth-order valence-corrected chi connectivity index (χ4v) is 1.58. The molecule has 0 aromatic rings. The Morgan fingerprint density at radius 2 is 2.36 bits per heavy atom. The Balaban J connectivity index is 2.34. The molecule has 1 atom stereocenters. The molecule has 0 bridgehead atoms. The summed E-state index contributed by atoms with van der Waals surface area (Å²) in [5.41, 5.74) is 0. The first-order valence-electron chi connectivity index (χ1n) is 5.21. The first kappa shape index (κ1) is 11.1. The Kier molecular flexibility index (Phi) is 4.50. The molecular formula is C11H18O3. The summed E-state index contributed by atoms with van der Waals surface area (Å²) in [7, 11) is 1.59. The number of carbonyl (C=O) groups excluding carboxylic acids is 1. The lowest BCUT2D eigenvalue weighted by molar-refractivity contribution is -0.145. The van der Waals surface area contributed by atoms with Gasteiger partial charge in [0.25, 0.3) is 0 Å². The second-order valence-electron chi connectivity index (χ2n) is 3.57. The minimum atomic E-state index is -0.269. The molecule has 1 rings (SSSR count). The molecule has 0 unspecified atom stereocenters. The number of carbonyl (C=O) groups is 1. The van der Waals surface area contributed by atoms with Gasteiger partial charge in [0, 0.05) is 6.42 Å². The van der Waals surface area contributed by atoms with Crippen LogP contribution in [-0.2, 0) is 14.3 Å². The summed E-state index contributed by atoms with van der Waals surface area (Å²) in [5.74, 6) is 0.470. The zero-order valence-electron chi connectivity index (χ0n) is 8.91.